The Bertz CT molecular complexity index is 281. The van der Waals surface area contributed by atoms with Gasteiger partial charge in [0, 0.05) is 5.75 Å². The van der Waals surface area contributed by atoms with Crippen molar-refractivity contribution in [2.45, 2.75) is 31.8 Å². The highest BCUT2D eigenvalue weighted by atomic mass is 32.2. The van der Waals surface area contributed by atoms with Gasteiger partial charge in [-0.3, -0.25) is 4.79 Å². The summed E-state index contributed by atoms with van der Waals surface area (Å²) in [7, 11) is 0. The Morgan fingerprint density at radius 3 is 2.41 bits per heavy atom. The number of hydrogen-bond acceptors (Lipinski definition) is 5. The lowest BCUT2D eigenvalue weighted by atomic mass is 9.68. The van der Waals surface area contributed by atoms with Crippen molar-refractivity contribution in [3.05, 3.63) is 0 Å². The molecule has 3 nitrogen and oxygen atoms in total. The van der Waals surface area contributed by atoms with Crippen LogP contribution in [-0.4, -0.2) is 46.3 Å². The van der Waals surface area contributed by atoms with Crippen LogP contribution in [0.4, 0.5) is 0 Å². The molecule has 1 unspecified atom stereocenters. The predicted molar refractivity (Wildman–Crippen MR) is 72.5 cm³/mol. The zero-order valence-electron chi connectivity index (χ0n) is 10.2. The van der Waals surface area contributed by atoms with Crippen molar-refractivity contribution in [2.24, 2.45) is 5.41 Å². The summed E-state index contributed by atoms with van der Waals surface area (Å²) in [5.74, 6) is 3.38. The van der Waals surface area contributed by atoms with E-state index in [2.05, 4.69) is 0 Å². The van der Waals surface area contributed by atoms with Crippen LogP contribution >= 0.6 is 23.5 Å². The normalized spacial score (nSPS) is 32.4. The van der Waals surface area contributed by atoms with Crippen molar-refractivity contribution in [3.8, 4) is 0 Å². The molecular formula is C12H20O3S2. The van der Waals surface area contributed by atoms with Crippen LogP contribution in [0.15, 0.2) is 0 Å². The number of ether oxygens (including phenoxy) is 1. The first-order valence-corrected chi connectivity index (χ1v) is 8.51. The minimum Gasteiger partial charge on any atom is -0.465 e. The second kappa shape index (κ2) is 5.41. The third-order valence-corrected chi connectivity index (χ3v) is 6.07. The van der Waals surface area contributed by atoms with E-state index in [0.717, 1.165) is 36.5 Å². The maximum absolute atomic E-state index is 12.3. The highest BCUT2D eigenvalue weighted by Gasteiger charge is 2.58. The Balaban J connectivity index is 2.23. The zero-order valence-corrected chi connectivity index (χ0v) is 11.9. The molecule has 0 amide bonds. The molecule has 2 rings (SSSR count). The van der Waals surface area contributed by atoms with Crippen LogP contribution in [0.2, 0.25) is 0 Å². The van der Waals surface area contributed by atoms with E-state index in [1.165, 1.54) is 0 Å². The molecule has 2 aliphatic heterocycles. The molecule has 0 aromatic carbocycles. The van der Waals surface area contributed by atoms with Crippen molar-refractivity contribution in [2.75, 3.05) is 29.6 Å². The minimum atomic E-state index is -0.839. The van der Waals surface area contributed by atoms with Crippen LogP contribution in [0.5, 0.6) is 0 Å². The van der Waals surface area contributed by atoms with Crippen LogP contribution in [0.1, 0.15) is 26.2 Å². The molecule has 2 saturated heterocycles. The van der Waals surface area contributed by atoms with E-state index >= 15 is 0 Å². The van der Waals surface area contributed by atoms with Gasteiger partial charge in [0.15, 0.2) is 0 Å². The fourth-order valence-electron chi connectivity index (χ4n) is 2.74. The maximum Gasteiger partial charge on any atom is 0.315 e. The molecule has 2 fully saturated rings. The molecule has 0 aromatic heterocycles. The number of aliphatic hydroxyl groups is 1. The summed E-state index contributed by atoms with van der Waals surface area (Å²) in [4.78, 5) is 12.3. The van der Waals surface area contributed by atoms with Gasteiger partial charge < -0.3 is 9.84 Å². The Hall–Kier alpha value is 0.130. The van der Waals surface area contributed by atoms with Crippen molar-refractivity contribution >= 4 is 29.5 Å². The molecule has 0 spiro atoms. The quantitative estimate of drug-likeness (QED) is 0.798. The van der Waals surface area contributed by atoms with Gasteiger partial charge >= 0.3 is 5.97 Å². The molecule has 0 aromatic rings. The molecule has 1 N–H and O–H groups in total. The van der Waals surface area contributed by atoms with Crippen LogP contribution in [-0.2, 0) is 9.53 Å². The van der Waals surface area contributed by atoms with Gasteiger partial charge in [-0.1, -0.05) is 0 Å². The fourth-order valence-corrected chi connectivity index (χ4v) is 5.42. The average Bonchev–Trinajstić information content (AvgIpc) is 2.81. The molecule has 0 radical (unpaired) electrons. The topological polar surface area (TPSA) is 46.5 Å². The van der Waals surface area contributed by atoms with Gasteiger partial charge in [-0.15, -0.1) is 0 Å². The van der Waals surface area contributed by atoms with Crippen molar-refractivity contribution in [1.29, 1.82) is 0 Å². The molecule has 2 aliphatic rings. The van der Waals surface area contributed by atoms with E-state index in [1.807, 2.05) is 18.7 Å². The number of rotatable bonds is 3. The maximum atomic E-state index is 12.3. The molecule has 5 heteroatoms. The largest absolute Gasteiger partial charge is 0.465 e. The van der Waals surface area contributed by atoms with Crippen molar-refractivity contribution < 1.29 is 14.6 Å². The lowest BCUT2D eigenvalue weighted by molar-refractivity contribution is -0.173. The molecule has 17 heavy (non-hydrogen) atoms. The summed E-state index contributed by atoms with van der Waals surface area (Å²) in [5, 5.41) is 10.9. The van der Waals surface area contributed by atoms with Crippen LogP contribution in [0.3, 0.4) is 0 Å². The first kappa shape index (κ1) is 13.6. The van der Waals surface area contributed by atoms with E-state index in [4.69, 9.17) is 4.74 Å². The first-order valence-electron chi connectivity index (χ1n) is 6.20. The predicted octanol–water partition coefficient (Wildman–Crippen LogP) is 1.93. The fraction of sp³-hybridized carbons (Fsp3) is 0.917. The Morgan fingerprint density at radius 2 is 1.88 bits per heavy atom. The molecular weight excluding hydrogens is 256 g/mol. The summed E-state index contributed by atoms with van der Waals surface area (Å²) in [6.45, 7) is 2.23. The SMILES string of the molecule is CCOC(=O)C1(C2(O)CCSCC2)CCSC1. The molecule has 0 bridgehead atoms. The summed E-state index contributed by atoms with van der Waals surface area (Å²) in [5.41, 5.74) is -1.48. The average molecular weight is 276 g/mol. The number of esters is 1. The van der Waals surface area contributed by atoms with Crippen molar-refractivity contribution in [3.63, 3.8) is 0 Å². The summed E-state index contributed by atoms with van der Waals surface area (Å²) in [6, 6.07) is 0. The van der Waals surface area contributed by atoms with E-state index in [1.54, 1.807) is 11.8 Å². The molecule has 2 heterocycles. The number of thioether (sulfide) groups is 2. The van der Waals surface area contributed by atoms with Gasteiger partial charge in [-0.25, -0.2) is 0 Å². The Morgan fingerprint density at radius 1 is 1.24 bits per heavy atom. The van der Waals surface area contributed by atoms with Gasteiger partial charge in [0.05, 0.1) is 12.2 Å². The standard InChI is InChI=1S/C12H20O3S2/c1-2-15-10(13)11(3-6-17-9-11)12(14)4-7-16-8-5-12/h14H,2-9H2,1H3. The first-order chi connectivity index (χ1) is 8.15. The molecule has 0 saturated carbocycles. The third-order valence-electron chi connectivity index (χ3n) is 3.90. The number of carbonyl (C=O) groups excluding carboxylic acids is 1. The summed E-state index contributed by atoms with van der Waals surface area (Å²) < 4.78 is 5.23. The van der Waals surface area contributed by atoms with E-state index in [0.29, 0.717) is 12.4 Å². The second-order valence-corrected chi connectivity index (χ2v) is 7.08. The van der Waals surface area contributed by atoms with Gasteiger partial charge in [-0.2, -0.15) is 23.5 Å². The van der Waals surface area contributed by atoms with E-state index in [-0.39, 0.29) is 5.97 Å². The highest BCUT2D eigenvalue weighted by molar-refractivity contribution is 7.99. The highest BCUT2D eigenvalue weighted by Crippen LogP contribution is 2.50. The second-order valence-electron chi connectivity index (χ2n) is 4.75. The van der Waals surface area contributed by atoms with Gasteiger partial charge in [0.25, 0.3) is 0 Å². The summed E-state index contributed by atoms with van der Waals surface area (Å²) >= 11 is 3.62. The Kier molecular flexibility index (Phi) is 4.31. The summed E-state index contributed by atoms with van der Waals surface area (Å²) in [6.07, 6.45) is 2.20. The number of carbonyl (C=O) groups is 1. The lowest BCUT2D eigenvalue weighted by Crippen LogP contribution is -2.56. The Labute approximate surface area is 111 Å². The van der Waals surface area contributed by atoms with Gasteiger partial charge in [0.1, 0.15) is 5.41 Å². The molecule has 98 valence electrons. The van der Waals surface area contributed by atoms with Crippen molar-refractivity contribution in [1.82, 2.24) is 0 Å². The van der Waals surface area contributed by atoms with Gasteiger partial charge in [0.2, 0.25) is 0 Å². The minimum absolute atomic E-state index is 0.181. The van der Waals surface area contributed by atoms with E-state index < -0.39 is 11.0 Å². The third kappa shape index (κ3) is 2.34. The van der Waals surface area contributed by atoms with E-state index in [9.17, 15) is 9.90 Å². The van der Waals surface area contributed by atoms with Crippen LogP contribution < -0.4 is 0 Å². The smallest absolute Gasteiger partial charge is 0.315 e. The zero-order chi connectivity index (χ0) is 12.4. The van der Waals surface area contributed by atoms with Crippen LogP contribution in [0, 0.1) is 5.41 Å². The van der Waals surface area contributed by atoms with Crippen LogP contribution in [0.25, 0.3) is 0 Å². The monoisotopic (exact) mass is 276 g/mol. The lowest BCUT2D eigenvalue weighted by Gasteiger charge is -2.44. The van der Waals surface area contributed by atoms with Gasteiger partial charge in [-0.05, 0) is 43.4 Å². The number of hydrogen-bond donors (Lipinski definition) is 1. The molecule has 0 aliphatic carbocycles. The molecule has 1 atom stereocenters.